The number of nitrogens with one attached hydrogen (secondary N) is 1. The zero-order chi connectivity index (χ0) is 9.94. The van der Waals surface area contributed by atoms with E-state index in [2.05, 4.69) is 18.8 Å². The molecule has 1 amide bonds. The lowest BCUT2D eigenvalue weighted by Crippen LogP contribution is -2.24. The van der Waals surface area contributed by atoms with Gasteiger partial charge in [0.05, 0.1) is 0 Å². The van der Waals surface area contributed by atoms with Crippen LogP contribution in [0.3, 0.4) is 0 Å². The van der Waals surface area contributed by atoms with Gasteiger partial charge >= 0.3 is 0 Å². The molecule has 0 aromatic rings. The maximum Gasteiger partial charge on any atom is 0.245 e. The maximum atomic E-state index is 10.6. The summed E-state index contributed by atoms with van der Waals surface area (Å²) < 4.78 is 5.17. The van der Waals surface area contributed by atoms with Gasteiger partial charge in [0.15, 0.2) is 0 Å². The van der Waals surface area contributed by atoms with Gasteiger partial charge in [-0.1, -0.05) is 32.8 Å². The van der Waals surface area contributed by atoms with Gasteiger partial charge in [0.25, 0.3) is 0 Å². The first-order chi connectivity index (χ1) is 6.31. The first-order valence-electron chi connectivity index (χ1n) is 4.79. The smallest absolute Gasteiger partial charge is 0.245 e. The third-order valence-corrected chi connectivity index (χ3v) is 1.68. The summed E-state index contributed by atoms with van der Waals surface area (Å²) >= 11 is 0. The predicted molar refractivity (Wildman–Crippen MR) is 53.3 cm³/mol. The fourth-order valence-corrected chi connectivity index (χ4v) is 0.897. The number of unbranched alkanes of at least 4 members (excludes halogenated alkanes) is 3. The van der Waals surface area contributed by atoms with Crippen molar-refractivity contribution in [1.82, 2.24) is 5.32 Å². The second kappa shape index (κ2) is 9.26. The van der Waals surface area contributed by atoms with Crippen molar-refractivity contribution in [3.8, 4) is 0 Å². The fourth-order valence-electron chi connectivity index (χ4n) is 0.897. The Kier molecular flexibility index (Phi) is 8.67. The Balaban J connectivity index is 2.99. The third kappa shape index (κ3) is 9.08. The summed E-state index contributed by atoms with van der Waals surface area (Å²) in [7, 11) is 0. The van der Waals surface area contributed by atoms with E-state index < -0.39 is 0 Å². The molecule has 76 valence electrons. The highest BCUT2D eigenvalue weighted by Crippen LogP contribution is 1.98. The lowest BCUT2D eigenvalue weighted by molar-refractivity contribution is -0.118. The van der Waals surface area contributed by atoms with Crippen LogP contribution in [-0.2, 0) is 9.53 Å². The zero-order valence-electron chi connectivity index (χ0n) is 8.34. The van der Waals surface area contributed by atoms with Gasteiger partial charge in [-0.05, 0) is 12.5 Å². The highest BCUT2D eigenvalue weighted by atomic mass is 16.5. The Morgan fingerprint density at radius 3 is 2.85 bits per heavy atom. The number of rotatable bonds is 8. The molecular weight excluding hydrogens is 166 g/mol. The molecular formula is C10H19NO2. The first-order valence-corrected chi connectivity index (χ1v) is 4.79. The summed E-state index contributed by atoms with van der Waals surface area (Å²) in [5, 5.41) is 2.54. The van der Waals surface area contributed by atoms with E-state index in [1.165, 1.54) is 25.3 Å². The molecule has 0 atom stereocenters. The van der Waals surface area contributed by atoms with E-state index in [0.717, 1.165) is 13.0 Å². The summed E-state index contributed by atoms with van der Waals surface area (Å²) in [5.74, 6) is -0.187. The van der Waals surface area contributed by atoms with Crippen LogP contribution in [0, 0.1) is 0 Å². The van der Waals surface area contributed by atoms with Gasteiger partial charge in [0, 0.05) is 6.61 Å². The van der Waals surface area contributed by atoms with Crippen molar-refractivity contribution in [1.29, 1.82) is 0 Å². The van der Waals surface area contributed by atoms with Crippen LogP contribution in [0.15, 0.2) is 12.7 Å². The van der Waals surface area contributed by atoms with E-state index in [-0.39, 0.29) is 12.6 Å². The molecule has 0 saturated carbocycles. The molecule has 0 unspecified atom stereocenters. The summed E-state index contributed by atoms with van der Waals surface area (Å²) in [5.41, 5.74) is 0. The van der Waals surface area contributed by atoms with Crippen LogP contribution in [0.25, 0.3) is 0 Å². The quantitative estimate of drug-likeness (QED) is 0.356. The predicted octanol–water partition coefficient (Wildman–Crippen LogP) is 1.84. The largest absolute Gasteiger partial charge is 0.361 e. The van der Waals surface area contributed by atoms with Gasteiger partial charge in [-0.2, -0.15) is 0 Å². The summed E-state index contributed by atoms with van der Waals surface area (Å²) in [6.45, 7) is 6.51. The second-order valence-electron chi connectivity index (χ2n) is 2.86. The Morgan fingerprint density at radius 2 is 2.23 bits per heavy atom. The lowest BCUT2D eigenvalue weighted by Gasteiger charge is -2.03. The number of carbonyl (C=O) groups is 1. The summed E-state index contributed by atoms with van der Waals surface area (Å²) in [6, 6.07) is 0. The van der Waals surface area contributed by atoms with E-state index in [9.17, 15) is 4.79 Å². The topological polar surface area (TPSA) is 38.3 Å². The second-order valence-corrected chi connectivity index (χ2v) is 2.86. The zero-order valence-corrected chi connectivity index (χ0v) is 8.34. The fraction of sp³-hybridized carbons (Fsp3) is 0.700. The van der Waals surface area contributed by atoms with Crippen molar-refractivity contribution in [3.63, 3.8) is 0 Å². The molecule has 13 heavy (non-hydrogen) atoms. The van der Waals surface area contributed by atoms with Crippen LogP contribution in [0.4, 0.5) is 0 Å². The van der Waals surface area contributed by atoms with Gasteiger partial charge in [0.2, 0.25) is 5.91 Å². The molecule has 0 aromatic carbocycles. The number of carbonyl (C=O) groups excluding carboxylic acids is 1. The molecule has 0 saturated heterocycles. The molecule has 0 aliphatic heterocycles. The number of hydrogen-bond acceptors (Lipinski definition) is 2. The van der Waals surface area contributed by atoms with Crippen LogP contribution in [0.2, 0.25) is 0 Å². The Morgan fingerprint density at radius 1 is 1.46 bits per heavy atom. The molecule has 1 N–H and O–H groups in total. The van der Waals surface area contributed by atoms with Crippen molar-refractivity contribution in [2.75, 3.05) is 13.3 Å². The van der Waals surface area contributed by atoms with Crippen LogP contribution in [0.5, 0.6) is 0 Å². The minimum Gasteiger partial charge on any atom is -0.361 e. The van der Waals surface area contributed by atoms with Crippen molar-refractivity contribution in [2.24, 2.45) is 0 Å². The van der Waals surface area contributed by atoms with Crippen molar-refractivity contribution >= 4 is 5.91 Å². The Labute approximate surface area is 80.2 Å². The van der Waals surface area contributed by atoms with E-state index in [0.29, 0.717) is 0 Å². The number of hydrogen-bond donors (Lipinski definition) is 1. The molecule has 0 spiro atoms. The van der Waals surface area contributed by atoms with Gasteiger partial charge in [-0.25, -0.2) is 0 Å². The minimum absolute atomic E-state index is 0.187. The van der Waals surface area contributed by atoms with Crippen LogP contribution >= 0.6 is 0 Å². The Bertz CT molecular complexity index is 146. The van der Waals surface area contributed by atoms with Gasteiger partial charge in [-0.3, -0.25) is 4.79 Å². The van der Waals surface area contributed by atoms with Gasteiger partial charge in [0.1, 0.15) is 6.73 Å². The van der Waals surface area contributed by atoms with Crippen LogP contribution in [0.1, 0.15) is 32.6 Å². The molecule has 0 aromatic heterocycles. The van der Waals surface area contributed by atoms with E-state index in [4.69, 9.17) is 4.74 Å². The molecule has 0 rings (SSSR count). The van der Waals surface area contributed by atoms with E-state index >= 15 is 0 Å². The monoisotopic (exact) mass is 185 g/mol. The SMILES string of the molecule is C=CC(=O)NCOCCCCCC. The lowest BCUT2D eigenvalue weighted by atomic mass is 10.2. The summed E-state index contributed by atoms with van der Waals surface area (Å²) in [4.78, 5) is 10.6. The van der Waals surface area contributed by atoms with Crippen molar-refractivity contribution < 1.29 is 9.53 Å². The van der Waals surface area contributed by atoms with E-state index in [1.807, 2.05) is 0 Å². The van der Waals surface area contributed by atoms with Crippen LogP contribution in [-0.4, -0.2) is 19.2 Å². The number of amides is 1. The summed E-state index contributed by atoms with van der Waals surface area (Å²) in [6.07, 6.45) is 5.99. The average molecular weight is 185 g/mol. The molecule has 3 heteroatoms. The third-order valence-electron chi connectivity index (χ3n) is 1.68. The highest BCUT2D eigenvalue weighted by Gasteiger charge is 1.92. The standard InChI is InChI=1S/C10H19NO2/c1-3-5-6-7-8-13-9-11-10(12)4-2/h4H,2-3,5-9H2,1H3,(H,11,12). The van der Waals surface area contributed by atoms with Crippen LogP contribution < -0.4 is 5.32 Å². The molecule has 0 aliphatic carbocycles. The normalized spacial score (nSPS) is 9.62. The van der Waals surface area contributed by atoms with Crippen molar-refractivity contribution in [3.05, 3.63) is 12.7 Å². The molecule has 0 aliphatic rings. The number of ether oxygens (including phenoxy) is 1. The molecule has 0 bridgehead atoms. The molecule has 0 fully saturated rings. The average Bonchev–Trinajstić information content (AvgIpc) is 2.16. The molecule has 0 heterocycles. The van der Waals surface area contributed by atoms with Gasteiger partial charge in [-0.15, -0.1) is 0 Å². The maximum absolute atomic E-state index is 10.6. The van der Waals surface area contributed by atoms with E-state index in [1.54, 1.807) is 0 Å². The highest BCUT2D eigenvalue weighted by molar-refractivity contribution is 5.86. The molecule has 3 nitrogen and oxygen atoms in total. The Hall–Kier alpha value is -0.830. The molecule has 0 radical (unpaired) electrons. The minimum atomic E-state index is -0.187. The van der Waals surface area contributed by atoms with Gasteiger partial charge < -0.3 is 10.1 Å². The van der Waals surface area contributed by atoms with Crippen molar-refractivity contribution in [2.45, 2.75) is 32.6 Å². The first kappa shape index (κ1) is 12.2.